The number of aryl methyl sites for hydroxylation is 1. The summed E-state index contributed by atoms with van der Waals surface area (Å²) < 4.78 is 8.08. The Morgan fingerprint density at radius 3 is 2.72 bits per heavy atom. The topological polar surface area (TPSA) is 47.4 Å². The van der Waals surface area contributed by atoms with Gasteiger partial charge in [0.15, 0.2) is 0 Å². The van der Waals surface area contributed by atoms with Crippen molar-refractivity contribution in [1.82, 2.24) is 14.7 Å². The molecule has 1 atom stereocenters. The molecule has 2 aromatic rings. The number of hydrogen-bond acceptors (Lipinski definition) is 3. The van der Waals surface area contributed by atoms with E-state index in [0.29, 0.717) is 12.3 Å². The lowest BCUT2D eigenvalue weighted by Gasteiger charge is -2.38. The lowest BCUT2D eigenvalue weighted by Crippen LogP contribution is -2.46. The number of likely N-dealkylation sites (tertiary alicyclic amines) is 1. The van der Waals surface area contributed by atoms with Crippen molar-refractivity contribution in [3.8, 4) is 0 Å². The molecule has 132 valence electrons. The van der Waals surface area contributed by atoms with E-state index in [1.165, 1.54) is 5.56 Å². The third kappa shape index (κ3) is 3.47. The monoisotopic (exact) mass is 339 g/mol. The molecule has 0 radical (unpaired) electrons. The maximum atomic E-state index is 12.5. The normalized spacial score (nSPS) is 22.4. The van der Waals surface area contributed by atoms with E-state index in [2.05, 4.69) is 11.3 Å². The largest absolute Gasteiger partial charge is 0.374 e. The Morgan fingerprint density at radius 1 is 1.28 bits per heavy atom. The van der Waals surface area contributed by atoms with Gasteiger partial charge in [-0.3, -0.25) is 9.48 Å². The number of benzene rings is 1. The summed E-state index contributed by atoms with van der Waals surface area (Å²) in [5.41, 5.74) is 2.30. The van der Waals surface area contributed by atoms with Gasteiger partial charge in [0.2, 0.25) is 5.91 Å². The second kappa shape index (κ2) is 6.64. The van der Waals surface area contributed by atoms with Crippen molar-refractivity contribution in [1.29, 1.82) is 0 Å². The molecule has 0 saturated carbocycles. The van der Waals surface area contributed by atoms with Crippen LogP contribution in [0.2, 0.25) is 0 Å². The van der Waals surface area contributed by atoms with Gasteiger partial charge in [-0.1, -0.05) is 30.3 Å². The molecule has 2 fully saturated rings. The molecule has 1 spiro atoms. The first-order valence-electron chi connectivity index (χ1n) is 9.08. The Morgan fingerprint density at radius 2 is 2.04 bits per heavy atom. The molecule has 1 aromatic heterocycles. The summed E-state index contributed by atoms with van der Waals surface area (Å²) in [4.78, 5) is 14.5. The Labute approximate surface area is 148 Å². The van der Waals surface area contributed by atoms with E-state index in [1.807, 2.05) is 53.2 Å². The van der Waals surface area contributed by atoms with Crippen LogP contribution >= 0.6 is 0 Å². The lowest BCUT2D eigenvalue weighted by molar-refractivity contribution is -0.135. The number of carbonyl (C=O) groups is 1. The van der Waals surface area contributed by atoms with E-state index in [-0.39, 0.29) is 11.5 Å². The summed E-state index contributed by atoms with van der Waals surface area (Å²) in [6, 6.07) is 9.98. The molecule has 0 N–H and O–H groups in total. The van der Waals surface area contributed by atoms with Crippen molar-refractivity contribution < 1.29 is 9.53 Å². The van der Waals surface area contributed by atoms with Crippen molar-refractivity contribution in [3.63, 3.8) is 0 Å². The maximum absolute atomic E-state index is 12.5. The van der Waals surface area contributed by atoms with Crippen LogP contribution in [0.4, 0.5) is 0 Å². The zero-order valence-corrected chi connectivity index (χ0v) is 14.7. The number of rotatable bonds is 3. The number of piperidine rings is 1. The minimum absolute atomic E-state index is 0.0516. The van der Waals surface area contributed by atoms with Crippen LogP contribution in [0.1, 0.15) is 36.3 Å². The SMILES string of the molecule is Cn1cc([C@@H]2COC3(CCN(C(=O)Cc4ccccc4)CC3)C2)cn1. The standard InChI is InChI=1S/C20H25N3O2/c1-22-14-18(13-21-22)17-12-20(25-15-17)7-9-23(10-8-20)19(24)11-16-5-3-2-4-6-16/h2-6,13-14,17H,7-12,15H2,1H3/t17-/m0/s1. The summed E-state index contributed by atoms with van der Waals surface area (Å²) in [5, 5.41) is 4.28. The number of amides is 1. The van der Waals surface area contributed by atoms with Gasteiger partial charge in [-0.15, -0.1) is 0 Å². The highest BCUT2D eigenvalue weighted by Crippen LogP contribution is 2.42. The minimum Gasteiger partial charge on any atom is -0.374 e. The zero-order valence-electron chi connectivity index (χ0n) is 14.7. The van der Waals surface area contributed by atoms with E-state index in [9.17, 15) is 4.79 Å². The zero-order chi connectivity index (χ0) is 17.3. The van der Waals surface area contributed by atoms with Gasteiger partial charge in [0, 0.05) is 32.3 Å². The van der Waals surface area contributed by atoms with Crippen molar-refractivity contribution in [2.45, 2.75) is 37.2 Å². The minimum atomic E-state index is -0.0516. The second-order valence-electron chi connectivity index (χ2n) is 7.39. The molecule has 0 aliphatic carbocycles. The van der Waals surface area contributed by atoms with Gasteiger partial charge >= 0.3 is 0 Å². The fourth-order valence-corrected chi connectivity index (χ4v) is 4.10. The predicted molar refractivity (Wildman–Crippen MR) is 95.2 cm³/mol. The van der Waals surface area contributed by atoms with E-state index >= 15 is 0 Å². The number of carbonyl (C=O) groups excluding carboxylic acids is 1. The lowest BCUT2D eigenvalue weighted by atomic mass is 9.84. The van der Waals surface area contributed by atoms with Crippen molar-refractivity contribution >= 4 is 5.91 Å². The van der Waals surface area contributed by atoms with Gasteiger partial charge in [-0.05, 0) is 30.4 Å². The Bertz CT molecular complexity index is 732. The number of hydrogen-bond donors (Lipinski definition) is 0. The van der Waals surface area contributed by atoms with Crippen molar-refractivity contribution in [2.24, 2.45) is 7.05 Å². The average Bonchev–Trinajstić information content (AvgIpc) is 3.23. The fraction of sp³-hybridized carbons (Fsp3) is 0.500. The van der Waals surface area contributed by atoms with Crippen molar-refractivity contribution in [2.75, 3.05) is 19.7 Å². The van der Waals surface area contributed by atoms with Gasteiger partial charge in [0.1, 0.15) is 0 Å². The van der Waals surface area contributed by atoms with E-state index in [0.717, 1.165) is 44.5 Å². The maximum Gasteiger partial charge on any atom is 0.226 e. The van der Waals surface area contributed by atoms with Gasteiger partial charge in [0.25, 0.3) is 0 Å². The molecule has 5 nitrogen and oxygen atoms in total. The second-order valence-corrected chi connectivity index (χ2v) is 7.39. The molecule has 1 aromatic carbocycles. The molecular formula is C20H25N3O2. The van der Waals surface area contributed by atoms with Crippen LogP contribution in [0.25, 0.3) is 0 Å². The van der Waals surface area contributed by atoms with Gasteiger partial charge in [-0.2, -0.15) is 5.10 Å². The highest BCUT2D eigenvalue weighted by molar-refractivity contribution is 5.78. The van der Waals surface area contributed by atoms with Crippen LogP contribution in [0.15, 0.2) is 42.7 Å². The van der Waals surface area contributed by atoms with Crippen LogP contribution in [-0.2, 0) is 23.0 Å². The van der Waals surface area contributed by atoms with Crippen LogP contribution in [0.5, 0.6) is 0 Å². The van der Waals surface area contributed by atoms with Gasteiger partial charge in [0.05, 0.1) is 24.8 Å². The van der Waals surface area contributed by atoms with Crippen molar-refractivity contribution in [3.05, 3.63) is 53.9 Å². The smallest absolute Gasteiger partial charge is 0.226 e. The van der Waals surface area contributed by atoms with E-state index in [1.54, 1.807) is 0 Å². The van der Waals surface area contributed by atoms with E-state index < -0.39 is 0 Å². The molecule has 1 amide bonds. The van der Waals surface area contributed by atoms with Gasteiger partial charge in [-0.25, -0.2) is 0 Å². The number of nitrogens with zero attached hydrogens (tertiary/aromatic N) is 3. The highest BCUT2D eigenvalue weighted by atomic mass is 16.5. The van der Waals surface area contributed by atoms with Crippen LogP contribution in [0, 0.1) is 0 Å². The molecule has 5 heteroatoms. The van der Waals surface area contributed by atoms with Crippen LogP contribution < -0.4 is 0 Å². The quantitative estimate of drug-likeness (QED) is 0.863. The molecular weight excluding hydrogens is 314 g/mol. The fourth-order valence-electron chi connectivity index (χ4n) is 4.10. The summed E-state index contributed by atoms with van der Waals surface area (Å²) in [6.45, 7) is 2.36. The Hall–Kier alpha value is -2.14. The van der Waals surface area contributed by atoms with E-state index in [4.69, 9.17) is 4.74 Å². The first kappa shape index (κ1) is 16.3. The number of aromatic nitrogens is 2. The molecule has 4 rings (SSSR count). The summed E-state index contributed by atoms with van der Waals surface area (Å²) in [6.07, 6.45) is 7.44. The first-order valence-corrected chi connectivity index (χ1v) is 9.08. The first-order chi connectivity index (χ1) is 12.1. The summed E-state index contributed by atoms with van der Waals surface area (Å²) in [7, 11) is 1.95. The summed E-state index contributed by atoms with van der Waals surface area (Å²) >= 11 is 0. The third-order valence-electron chi connectivity index (χ3n) is 5.63. The average molecular weight is 339 g/mol. The molecule has 0 unspecified atom stereocenters. The van der Waals surface area contributed by atoms with Crippen LogP contribution in [0.3, 0.4) is 0 Å². The molecule has 2 aliphatic rings. The summed E-state index contributed by atoms with van der Waals surface area (Å²) in [5.74, 6) is 0.656. The molecule has 3 heterocycles. The Balaban J connectivity index is 1.33. The predicted octanol–water partition coefficient (Wildman–Crippen LogP) is 2.53. The third-order valence-corrected chi connectivity index (χ3v) is 5.63. The molecule has 2 aliphatic heterocycles. The highest BCUT2D eigenvalue weighted by Gasteiger charge is 2.43. The molecule has 25 heavy (non-hydrogen) atoms. The Kier molecular flexibility index (Phi) is 4.34. The van der Waals surface area contributed by atoms with Crippen LogP contribution in [-0.4, -0.2) is 45.9 Å². The molecule has 2 saturated heterocycles. The van der Waals surface area contributed by atoms with Gasteiger partial charge < -0.3 is 9.64 Å². The number of ether oxygens (including phenoxy) is 1. The molecule has 0 bridgehead atoms.